The van der Waals surface area contributed by atoms with Crippen LogP contribution < -0.4 is 14.8 Å². The minimum atomic E-state index is -0.0729. The molecule has 2 aromatic carbocycles. The number of benzene rings is 2. The quantitative estimate of drug-likeness (QED) is 0.704. The molecule has 0 aliphatic carbocycles. The van der Waals surface area contributed by atoms with E-state index in [1.54, 1.807) is 31.6 Å². The van der Waals surface area contributed by atoms with Crippen molar-refractivity contribution in [1.29, 1.82) is 0 Å². The summed E-state index contributed by atoms with van der Waals surface area (Å²) in [6, 6.07) is 17.4. The maximum absolute atomic E-state index is 12.5. The normalized spacial score (nSPS) is 10.3. The summed E-state index contributed by atoms with van der Waals surface area (Å²) in [5, 5.41) is 5.03. The van der Waals surface area contributed by atoms with Gasteiger partial charge >= 0.3 is 0 Å². The third kappa shape index (κ3) is 4.00. The summed E-state index contributed by atoms with van der Waals surface area (Å²) in [4.78, 5) is 13.6. The number of carbonyl (C=O) groups is 1. The van der Waals surface area contributed by atoms with Crippen LogP contribution in [0.15, 0.2) is 60.0 Å². The molecule has 0 atom stereocenters. The van der Waals surface area contributed by atoms with Crippen LogP contribution in [0.3, 0.4) is 0 Å². The predicted octanol–water partition coefficient (Wildman–Crippen LogP) is 4.61. The number of anilines is 1. The van der Waals surface area contributed by atoms with Crippen molar-refractivity contribution in [3.05, 3.63) is 65.5 Å². The molecule has 1 heterocycles. The van der Waals surface area contributed by atoms with Gasteiger partial charge < -0.3 is 14.8 Å². The molecule has 0 unspecified atom stereocenters. The Morgan fingerprint density at radius 1 is 1.00 bits per heavy atom. The summed E-state index contributed by atoms with van der Waals surface area (Å²) >= 11 is 1.65. The van der Waals surface area contributed by atoms with Crippen LogP contribution in [0.25, 0.3) is 10.4 Å². The number of ether oxygens (including phenoxy) is 2. The SMILES string of the molecule is COc1ccc(CC(=O)Nc2ccccc2-c2cccs2)cc1OC. The van der Waals surface area contributed by atoms with Gasteiger partial charge in [0.05, 0.1) is 20.6 Å². The highest BCUT2D eigenvalue weighted by atomic mass is 32.1. The largest absolute Gasteiger partial charge is 0.493 e. The molecule has 0 fully saturated rings. The molecule has 0 spiro atoms. The third-order valence-corrected chi connectivity index (χ3v) is 4.70. The minimum absolute atomic E-state index is 0.0729. The number of carbonyl (C=O) groups excluding carboxylic acids is 1. The fourth-order valence-corrected chi connectivity index (χ4v) is 3.38. The maximum Gasteiger partial charge on any atom is 0.228 e. The van der Waals surface area contributed by atoms with Crippen LogP contribution in [0.5, 0.6) is 11.5 Å². The third-order valence-electron chi connectivity index (χ3n) is 3.80. The maximum atomic E-state index is 12.5. The van der Waals surface area contributed by atoms with E-state index in [1.165, 1.54) is 0 Å². The first kappa shape index (κ1) is 17.0. The molecule has 128 valence electrons. The van der Waals surface area contributed by atoms with E-state index in [0.717, 1.165) is 21.7 Å². The smallest absolute Gasteiger partial charge is 0.228 e. The molecule has 1 N–H and O–H groups in total. The zero-order valence-corrected chi connectivity index (χ0v) is 14.9. The van der Waals surface area contributed by atoms with E-state index in [4.69, 9.17) is 9.47 Å². The first-order valence-corrected chi connectivity index (χ1v) is 8.73. The van der Waals surface area contributed by atoms with Crippen molar-refractivity contribution in [1.82, 2.24) is 0 Å². The minimum Gasteiger partial charge on any atom is -0.493 e. The topological polar surface area (TPSA) is 47.6 Å². The first-order valence-electron chi connectivity index (χ1n) is 7.85. The van der Waals surface area contributed by atoms with E-state index < -0.39 is 0 Å². The van der Waals surface area contributed by atoms with E-state index in [9.17, 15) is 4.79 Å². The molecule has 0 saturated carbocycles. The second kappa shape index (κ2) is 7.85. The molecule has 3 rings (SSSR count). The van der Waals surface area contributed by atoms with Crippen LogP contribution in [-0.4, -0.2) is 20.1 Å². The van der Waals surface area contributed by atoms with Gasteiger partial charge in [0.1, 0.15) is 0 Å². The van der Waals surface area contributed by atoms with Crippen LogP contribution >= 0.6 is 11.3 Å². The Kier molecular flexibility index (Phi) is 5.36. The van der Waals surface area contributed by atoms with Gasteiger partial charge in [-0.15, -0.1) is 11.3 Å². The summed E-state index contributed by atoms with van der Waals surface area (Å²) in [6.45, 7) is 0. The molecule has 1 aromatic heterocycles. The Balaban J connectivity index is 1.76. The number of rotatable bonds is 6. The molecule has 3 aromatic rings. The number of nitrogens with one attached hydrogen (secondary N) is 1. The van der Waals surface area contributed by atoms with E-state index in [-0.39, 0.29) is 12.3 Å². The van der Waals surface area contributed by atoms with Crippen LogP contribution in [0, 0.1) is 0 Å². The van der Waals surface area contributed by atoms with Crippen molar-refractivity contribution in [2.45, 2.75) is 6.42 Å². The Morgan fingerprint density at radius 2 is 1.80 bits per heavy atom. The fourth-order valence-electron chi connectivity index (χ4n) is 2.61. The molecule has 0 bridgehead atoms. The molecule has 5 heteroatoms. The van der Waals surface area contributed by atoms with Crippen LogP contribution in [0.1, 0.15) is 5.56 Å². The Morgan fingerprint density at radius 3 is 2.52 bits per heavy atom. The number of amides is 1. The second-order valence-electron chi connectivity index (χ2n) is 5.44. The molecule has 0 aliphatic heterocycles. The van der Waals surface area contributed by atoms with Gasteiger partial charge in [-0.1, -0.05) is 30.3 Å². The average molecular weight is 353 g/mol. The summed E-state index contributed by atoms with van der Waals surface area (Å²) in [5.74, 6) is 1.19. The van der Waals surface area contributed by atoms with Gasteiger partial charge in [-0.25, -0.2) is 0 Å². The van der Waals surface area contributed by atoms with Crippen molar-refractivity contribution in [3.63, 3.8) is 0 Å². The lowest BCUT2D eigenvalue weighted by atomic mass is 10.1. The summed E-state index contributed by atoms with van der Waals surface area (Å²) < 4.78 is 10.5. The van der Waals surface area contributed by atoms with Gasteiger partial charge in [-0.2, -0.15) is 0 Å². The highest BCUT2D eigenvalue weighted by Crippen LogP contribution is 2.32. The fraction of sp³-hybridized carbons (Fsp3) is 0.150. The number of hydrogen-bond acceptors (Lipinski definition) is 4. The van der Waals surface area contributed by atoms with Crippen LogP contribution in [0.2, 0.25) is 0 Å². The molecular formula is C20H19NO3S. The summed E-state index contributed by atoms with van der Waals surface area (Å²) in [7, 11) is 3.17. The Hall–Kier alpha value is -2.79. The van der Waals surface area contributed by atoms with Crippen molar-refractivity contribution in [2.75, 3.05) is 19.5 Å². The molecule has 0 radical (unpaired) electrons. The molecule has 4 nitrogen and oxygen atoms in total. The Labute approximate surface area is 151 Å². The number of para-hydroxylation sites is 1. The van der Waals surface area contributed by atoms with Crippen molar-refractivity contribution in [3.8, 4) is 21.9 Å². The number of thiophene rings is 1. The van der Waals surface area contributed by atoms with Crippen molar-refractivity contribution < 1.29 is 14.3 Å². The second-order valence-corrected chi connectivity index (χ2v) is 6.38. The van der Waals surface area contributed by atoms with Gasteiger partial charge in [0.25, 0.3) is 0 Å². The average Bonchev–Trinajstić information content (AvgIpc) is 3.16. The summed E-state index contributed by atoms with van der Waals surface area (Å²) in [6.07, 6.45) is 0.263. The van der Waals surface area contributed by atoms with Crippen LogP contribution in [0.4, 0.5) is 5.69 Å². The van der Waals surface area contributed by atoms with E-state index in [2.05, 4.69) is 5.32 Å². The van der Waals surface area contributed by atoms with Gasteiger partial charge in [0.15, 0.2) is 11.5 Å². The van der Waals surface area contributed by atoms with E-state index >= 15 is 0 Å². The zero-order valence-electron chi connectivity index (χ0n) is 14.1. The van der Waals surface area contributed by atoms with E-state index in [0.29, 0.717) is 11.5 Å². The standard InChI is InChI=1S/C20H19NO3S/c1-23-17-10-9-14(12-18(17)24-2)13-20(22)21-16-7-4-3-6-15(16)19-8-5-11-25-19/h3-12H,13H2,1-2H3,(H,21,22). The van der Waals surface area contributed by atoms with Gasteiger partial charge in [-0.3, -0.25) is 4.79 Å². The molecule has 25 heavy (non-hydrogen) atoms. The van der Waals surface area contributed by atoms with Gasteiger partial charge in [-0.05, 0) is 35.2 Å². The lowest BCUT2D eigenvalue weighted by Gasteiger charge is -2.11. The van der Waals surface area contributed by atoms with Crippen LogP contribution in [-0.2, 0) is 11.2 Å². The molecule has 1 amide bonds. The Bertz CT molecular complexity index is 859. The van der Waals surface area contributed by atoms with Crippen molar-refractivity contribution >= 4 is 22.9 Å². The number of methoxy groups -OCH3 is 2. The highest BCUT2D eigenvalue weighted by Gasteiger charge is 2.11. The van der Waals surface area contributed by atoms with Crippen molar-refractivity contribution in [2.24, 2.45) is 0 Å². The predicted molar refractivity (Wildman–Crippen MR) is 102 cm³/mol. The molecule has 0 aliphatic rings. The summed E-state index contributed by atoms with van der Waals surface area (Å²) in [5.41, 5.74) is 2.71. The molecule has 0 saturated heterocycles. The lowest BCUT2D eigenvalue weighted by Crippen LogP contribution is -2.15. The zero-order chi connectivity index (χ0) is 17.6. The molecular weight excluding hydrogens is 334 g/mol. The van der Waals surface area contributed by atoms with E-state index in [1.807, 2.05) is 53.9 Å². The highest BCUT2D eigenvalue weighted by molar-refractivity contribution is 7.13. The van der Waals surface area contributed by atoms with Gasteiger partial charge in [0.2, 0.25) is 5.91 Å². The number of hydrogen-bond donors (Lipinski definition) is 1. The van der Waals surface area contributed by atoms with Gasteiger partial charge in [0, 0.05) is 16.1 Å². The lowest BCUT2D eigenvalue weighted by molar-refractivity contribution is -0.115. The monoisotopic (exact) mass is 353 g/mol. The first-order chi connectivity index (χ1) is 12.2.